The first-order valence-electron chi connectivity index (χ1n) is 5.59. The van der Waals surface area contributed by atoms with Crippen LogP contribution in [-0.2, 0) is 13.1 Å². The van der Waals surface area contributed by atoms with E-state index in [2.05, 4.69) is 21.2 Å². The molecule has 0 saturated carbocycles. The third kappa shape index (κ3) is 3.09. The van der Waals surface area contributed by atoms with Gasteiger partial charge in [-0.1, -0.05) is 30.3 Å². The highest BCUT2D eigenvalue weighted by Gasteiger charge is 2.05. The normalized spacial score (nSPS) is 10.6. The zero-order valence-electron chi connectivity index (χ0n) is 9.66. The summed E-state index contributed by atoms with van der Waals surface area (Å²) in [5.74, 6) is 0.000154. The molecule has 0 atom stereocenters. The fourth-order valence-electron chi connectivity index (χ4n) is 1.68. The minimum atomic E-state index is -0.267. The third-order valence-electron chi connectivity index (χ3n) is 2.65. The number of hydrogen-bond acceptors (Lipinski definition) is 2. The summed E-state index contributed by atoms with van der Waals surface area (Å²) in [6, 6.07) is 12.1. The second-order valence-corrected chi connectivity index (χ2v) is 4.74. The van der Waals surface area contributed by atoms with Crippen molar-refractivity contribution in [3.05, 3.63) is 63.9 Å². The molecule has 18 heavy (non-hydrogen) atoms. The Morgan fingerprint density at radius 3 is 2.44 bits per heavy atom. The lowest BCUT2D eigenvalue weighted by Crippen LogP contribution is -2.13. The summed E-state index contributed by atoms with van der Waals surface area (Å²) in [6.45, 7) is 1.07. The van der Waals surface area contributed by atoms with Gasteiger partial charge < -0.3 is 10.4 Å². The van der Waals surface area contributed by atoms with E-state index in [4.69, 9.17) is 0 Å². The van der Waals surface area contributed by atoms with Crippen LogP contribution in [0.1, 0.15) is 11.1 Å². The van der Waals surface area contributed by atoms with E-state index >= 15 is 0 Å². The Balaban J connectivity index is 1.97. The molecule has 0 spiro atoms. The number of phenols is 1. The van der Waals surface area contributed by atoms with E-state index in [0.29, 0.717) is 17.6 Å². The highest BCUT2D eigenvalue weighted by molar-refractivity contribution is 9.10. The Labute approximate surface area is 114 Å². The van der Waals surface area contributed by atoms with E-state index in [1.165, 1.54) is 6.07 Å². The quantitative estimate of drug-likeness (QED) is 0.904. The first-order chi connectivity index (χ1) is 8.68. The van der Waals surface area contributed by atoms with Gasteiger partial charge in [-0.3, -0.25) is 0 Å². The van der Waals surface area contributed by atoms with Gasteiger partial charge in [-0.2, -0.15) is 0 Å². The third-order valence-corrected chi connectivity index (χ3v) is 3.54. The minimum absolute atomic E-state index is 0.267. The van der Waals surface area contributed by atoms with E-state index in [1.54, 1.807) is 18.2 Å². The lowest BCUT2D eigenvalue weighted by atomic mass is 10.2. The van der Waals surface area contributed by atoms with Crippen molar-refractivity contribution in [3.8, 4) is 5.75 Å². The average Bonchev–Trinajstić information content (AvgIpc) is 2.37. The average molecular weight is 310 g/mol. The number of para-hydroxylation sites is 1. The molecule has 0 aliphatic rings. The summed E-state index contributed by atoms with van der Waals surface area (Å²) in [6.07, 6.45) is 0. The van der Waals surface area contributed by atoms with Crippen LogP contribution in [0.25, 0.3) is 0 Å². The summed E-state index contributed by atoms with van der Waals surface area (Å²) in [4.78, 5) is 0. The highest BCUT2D eigenvalue weighted by atomic mass is 79.9. The highest BCUT2D eigenvalue weighted by Crippen LogP contribution is 2.20. The van der Waals surface area contributed by atoms with Gasteiger partial charge in [0.05, 0.1) is 4.47 Å². The molecule has 94 valence electrons. The van der Waals surface area contributed by atoms with Crippen molar-refractivity contribution in [3.63, 3.8) is 0 Å². The van der Waals surface area contributed by atoms with Gasteiger partial charge in [0.15, 0.2) is 0 Å². The molecule has 0 aliphatic carbocycles. The molecule has 0 fully saturated rings. The maximum atomic E-state index is 13.3. The molecule has 2 aromatic rings. The standard InChI is InChI=1S/C14H13BrFNO/c15-14-11(5-3-6-12(14)16)9-17-8-10-4-1-2-7-13(10)18/h1-7,17-18H,8-9H2. The van der Waals surface area contributed by atoms with Crippen molar-refractivity contribution in [2.45, 2.75) is 13.1 Å². The van der Waals surface area contributed by atoms with Crippen molar-refractivity contribution >= 4 is 15.9 Å². The number of phenolic OH excluding ortho intramolecular Hbond substituents is 1. The molecular weight excluding hydrogens is 297 g/mol. The minimum Gasteiger partial charge on any atom is -0.508 e. The molecule has 2 aromatic carbocycles. The Kier molecular flexibility index (Phi) is 4.33. The Hall–Kier alpha value is -1.39. The second-order valence-electron chi connectivity index (χ2n) is 3.95. The molecule has 2 rings (SSSR count). The van der Waals surface area contributed by atoms with Gasteiger partial charge in [0.2, 0.25) is 0 Å². The molecule has 0 aromatic heterocycles. The van der Waals surface area contributed by atoms with E-state index in [0.717, 1.165) is 11.1 Å². The molecule has 0 heterocycles. The predicted octanol–water partition coefficient (Wildman–Crippen LogP) is 3.58. The van der Waals surface area contributed by atoms with Crippen LogP contribution in [0.5, 0.6) is 5.75 Å². The smallest absolute Gasteiger partial charge is 0.137 e. The van der Waals surface area contributed by atoms with Gasteiger partial charge in [0.1, 0.15) is 11.6 Å². The summed E-state index contributed by atoms with van der Waals surface area (Å²) in [5.41, 5.74) is 1.68. The van der Waals surface area contributed by atoms with Crippen LogP contribution in [0.3, 0.4) is 0 Å². The number of nitrogens with one attached hydrogen (secondary N) is 1. The number of rotatable bonds is 4. The molecule has 4 heteroatoms. The van der Waals surface area contributed by atoms with Gasteiger partial charge in [-0.05, 0) is 33.6 Å². The van der Waals surface area contributed by atoms with Crippen molar-refractivity contribution in [1.29, 1.82) is 0 Å². The molecule has 2 nitrogen and oxygen atoms in total. The van der Waals surface area contributed by atoms with E-state index in [1.807, 2.05) is 18.2 Å². The Morgan fingerprint density at radius 2 is 1.67 bits per heavy atom. The first-order valence-corrected chi connectivity index (χ1v) is 6.38. The Bertz CT molecular complexity index is 545. The molecule has 0 radical (unpaired) electrons. The van der Waals surface area contributed by atoms with Gasteiger partial charge in [-0.25, -0.2) is 4.39 Å². The monoisotopic (exact) mass is 309 g/mol. The van der Waals surface area contributed by atoms with Gasteiger partial charge >= 0.3 is 0 Å². The largest absolute Gasteiger partial charge is 0.508 e. The van der Waals surface area contributed by atoms with Gasteiger partial charge in [0, 0.05) is 18.7 Å². The fraction of sp³-hybridized carbons (Fsp3) is 0.143. The molecular formula is C14H13BrFNO. The zero-order chi connectivity index (χ0) is 13.0. The molecule has 0 unspecified atom stereocenters. The predicted molar refractivity (Wildman–Crippen MR) is 72.8 cm³/mol. The number of halogens is 2. The van der Waals surface area contributed by atoms with Gasteiger partial charge in [-0.15, -0.1) is 0 Å². The molecule has 0 aliphatic heterocycles. The van der Waals surface area contributed by atoms with Crippen molar-refractivity contribution < 1.29 is 9.50 Å². The van der Waals surface area contributed by atoms with Crippen LogP contribution in [0.4, 0.5) is 4.39 Å². The van der Waals surface area contributed by atoms with E-state index in [-0.39, 0.29) is 11.6 Å². The number of hydrogen-bond donors (Lipinski definition) is 2. The fourth-order valence-corrected chi connectivity index (χ4v) is 2.08. The Morgan fingerprint density at radius 1 is 1.00 bits per heavy atom. The lowest BCUT2D eigenvalue weighted by Gasteiger charge is -2.08. The molecule has 0 saturated heterocycles. The topological polar surface area (TPSA) is 32.3 Å². The maximum absolute atomic E-state index is 13.3. The van der Waals surface area contributed by atoms with E-state index < -0.39 is 0 Å². The number of benzene rings is 2. The summed E-state index contributed by atoms with van der Waals surface area (Å²) < 4.78 is 13.8. The van der Waals surface area contributed by atoms with Crippen LogP contribution < -0.4 is 5.32 Å². The van der Waals surface area contributed by atoms with Gasteiger partial charge in [0.25, 0.3) is 0 Å². The first kappa shape index (κ1) is 13.1. The van der Waals surface area contributed by atoms with Crippen molar-refractivity contribution in [2.24, 2.45) is 0 Å². The van der Waals surface area contributed by atoms with Crippen LogP contribution in [0, 0.1) is 5.82 Å². The maximum Gasteiger partial charge on any atom is 0.137 e. The summed E-state index contributed by atoms with van der Waals surface area (Å²) >= 11 is 3.22. The zero-order valence-corrected chi connectivity index (χ0v) is 11.2. The van der Waals surface area contributed by atoms with Crippen LogP contribution in [0.2, 0.25) is 0 Å². The SMILES string of the molecule is Oc1ccccc1CNCc1cccc(F)c1Br. The molecule has 0 amide bonds. The van der Waals surface area contributed by atoms with Crippen molar-refractivity contribution in [2.75, 3.05) is 0 Å². The summed E-state index contributed by atoms with van der Waals surface area (Å²) in [5, 5.41) is 12.8. The van der Waals surface area contributed by atoms with Crippen LogP contribution in [-0.4, -0.2) is 5.11 Å². The van der Waals surface area contributed by atoms with Crippen molar-refractivity contribution in [1.82, 2.24) is 5.32 Å². The molecule has 0 bridgehead atoms. The number of aromatic hydroxyl groups is 1. The van der Waals surface area contributed by atoms with Crippen LogP contribution >= 0.6 is 15.9 Å². The van der Waals surface area contributed by atoms with Crippen LogP contribution in [0.15, 0.2) is 46.9 Å². The summed E-state index contributed by atoms with van der Waals surface area (Å²) in [7, 11) is 0. The van der Waals surface area contributed by atoms with E-state index in [9.17, 15) is 9.50 Å². The molecule has 2 N–H and O–H groups in total. The second kappa shape index (κ2) is 5.98. The lowest BCUT2D eigenvalue weighted by molar-refractivity contribution is 0.464.